The lowest BCUT2D eigenvalue weighted by Crippen LogP contribution is -2.38. The lowest BCUT2D eigenvalue weighted by Gasteiger charge is -2.19. The number of hydrogen-bond donors (Lipinski definition) is 1. The van der Waals surface area contributed by atoms with E-state index in [1.54, 1.807) is 11.8 Å². The lowest BCUT2D eigenvalue weighted by atomic mass is 9.81. The molecule has 1 aromatic rings. The number of nitrogens with one attached hydrogen (secondary N) is 1. The van der Waals surface area contributed by atoms with Gasteiger partial charge < -0.3 is 5.32 Å². The number of likely N-dealkylation sites (tertiary alicyclic amines) is 1. The van der Waals surface area contributed by atoms with Crippen LogP contribution in [0.4, 0.5) is 5.69 Å². The normalized spacial score (nSPS) is 23.8. The molecule has 0 radical (unpaired) electrons. The molecule has 0 aromatic heterocycles. The zero-order valence-corrected chi connectivity index (χ0v) is 13.9. The third-order valence-corrected chi connectivity index (χ3v) is 5.35. The molecule has 2 fully saturated rings. The van der Waals surface area contributed by atoms with Gasteiger partial charge in [-0.25, -0.2) is 0 Å². The highest BCUT2D eigenvalue weighted by atomic mass is 32.2. The van der Waals surface area contributed by atoms with Crippen LogP contribution in [0.25, 0.3) is 0 Å². The first-order valence-corrected chi connectivity index (χ1v) is 9.12. The molecule has 0 bridgehead atoms. The van der Waals surface area contributed by atoms with E-state index in [0.29, 0.717) is 5.69 Å². The molecule has 6 heteroatoms. The molecule has 1 aliphatic carbocycles. The molecule has 1 saturated carbocycles. The van der Waals surface area contributed by atoms with Gasteiger partial charge >= 0.3 is 0 Å². The van der Waals surface area contributed by atoms with Crippen LogP contribution in [0.1, 0.15) is 25.7 Å². The summed E-state index contributed by atoms with van der Waals surface area (Å²) >= 11 is 1.62. The average Bonchev–Trinajstić information content (AvgIpc) is 2.81. The Balaban J connectivity index is 1.63. The van der Waals surface area contributed by atoms with Gasteiger partial charge in [-0.2, -0.15) is 0 Å². The van der Waals surface area contributed by atoms with Crippen molar-refractivity contribution < 1.29 is 14.4 Å². The van der Waals surface area contributed by atoms with E-state index in [1.165, 1.54) is 0 Å². The fourth-order valence-corrected chi connectivity index (χ4v) is 3.81. The van der Waals surface area contributed by atoms with Crippen molar-refractivity contribution in [3.8, 4) is 0 Å². The Morgan fingerprint density at radius 2 is 1.70 bits per heavy atom. The molecule has 0 unspecified atom stereocenters. The van der Waals surface area contributed by atoms with Crippen LogP contribution in [0.3, 0.4) is 0 Å². The summed E-state index contributed by atoms with van der Waals surface area (Å²) in [6.07, 6.45) is 5.49. The number of carbonyl (C=O) groups excluding carboxylic acids is 3. The van der Waals surface area contributed by atoms with E-state index in [1.807, 2.05) is 30.5 Å². The van der Waals surface area contributed by atoms with Crippen molar-refractivity contribution in [1.29, 1.82) is 0 Å². The van der Waals surface area contributed by atoms with Crippen LogP contribution in [0, 0.1) is 11.8 Å². The number of amides is 3. The summed E-state index contributed by atoms with van der Waals surface area (Å²) in [6.45, 7) is -0.186. The first-order chi connectivity index (χ1) is 11.1. The first-order valence-electron chi connectivity index (χ1n) is 7.89. The zero-order valence-electron chi connectivity index (χ0n) is 13.1. The van der Waals surface area contributed by atoms with Gasteiger partial charge in [0.25, 0.3) is 0 Å². The van der Waals surface area contributed by atoms with Gasteiger partial charge in [0, 0.05) is 10.6 Å². The number of anilines is 1. The largest absolute Gasteiger partial charge is 0.325 e. The molecular formula is C17H20N2O3S. The van der Waals surface area contributed by atoms with Gasteiger partial charge in [0.15, 0.2) is 0 Å². The molecule has 3 amide bonds. The smallest absolute Gasteiger partial charge is 0.244 e. The van der Waals surface area contributed by atoms with Gasteiger partial charge in [0.05, 0.1) is 11.8 Å². The Bertz CT molecular complexity index is 605. The predicted octanol–water partition coefficient (Wildman–Crippen LogP) is 2.52. The number of fused-ring (bicyclic) bond motifs is 1. The van der Waals surface area contributed by atoms with Gasteiger partial charge in [0.2, 0.25) is 17.7 Å². The lowest BCUT2D eigenvalue weighted by molar-refractivity contribution is -0.142. The number of thioether (sulfide) groups is 1. The highest BCUT2D eigenvalue weighted by Crippen LogP contribution is 2.37. The predicted molar refractivity (Wildman–Crippen MR) is 89.0 cm³/mol. The molecule has 5 nitrogen and oxygen atoms in total. The Morgan fingerprint density at radius 3 is 2.22 bits per heavy atom. The summed E-state index contributed by atoms with van der Waals surface area (Å²) < 4.78 is 0. The van der Waals surface area contributed by atoms with Crippen LogP contribution in [-0.4, -0.2) is 35.4 Å². The maximum Gasteiger partial charge on any atom is 0.244 e. The van der Waals surface area contributed by atoms with Gasteiger partial charge in [0.1, 0.15) is 6.54 Å². The van der Waals surface area contributed by atoms with Crippen molar-refractivity contribution in [2.75, 3.05) is 18.1 Å². The fourth-order valence-electron chi connectivity index (χ4n) is 3.41. The minimum absolute atomic E-state index is 0.174. The van der Waals surface area contributed by atoms with E-state index in [-0.39, 0.29) is 36.1 Å². The summed E-state index contributed by atoms with van der Waals surface area (Å²) in [7, 11) is 0. The Hall–Kier alpha value is -1.82. The van der Waals surface area contributed by atoms with E-state index in [0.717, 1.165) is 35.5 Å². The van der Waals surface area contributed by atoms with Crippen molar-refractivity contribution >= 4 is 35.2 Å². The molecule has 1 aromatic carbocycles. The highest BCUT2D eigenvalue weighted by molar-refractivity contribution is 7.98. The quantitative estimate of drug-likeness (QED) is 0.680. The number of hydrogen-bond acceptors (Lipinski definition) is 4. The average molecular weight is 332 g/mol. The SMILES string of the molecule is CSc1ccc(NC(=O)CN2C(=O)[C@H]3CCCC[C@H]3C2=O)cc1. The molecule has 2 aliphatic rings. The second kappa shape index (κ2) is 6.74. The minimum Gasteiger partial charge on any atom is -0.325 e. The molecule has 1 N–H and O–H groups in total. The summed E-state index contributed by atoms with van der Waals surface area (Å²) in [4.78, 5) is 39.1. The van der Waals surface area contributed by atoms with Crippen LogP contribution >= 0.6 is 11.8 Å². The van der Waals surface area contributed by atoms with Crippen molar-refractivity contribution in [2.24, 2.45) is 11.8 Å². The maximum atomic E-state index is 12.3. The molecule has 1 aliphatic heterocycles. The maximum absolute atomic E-state index is 12.3. The summed E-state index contributed by atoms with van der Waals surface area (Å²) in [5, 5.41) is 2.75. The summed E-state index contributed by atoms with van der Waals surface area (Å²) in [5.74, 6) is -1.09. The highest BCUT2D eigenvalue weighted by Gasteiger charge is 2.48. The zero-order chi connectivity index (χ0) is 16.4. The fraction of sp³-hybridized carbons (Fsp3) is 0.471. The third-order valence-electron chi connectivity index (χ3n) is 4.61. The number of nitrogens with zero attached hydrogens (tertiary/aromatic N) is 1. The van der Waals surface area contributed by atoms with Crippen molar-refractivity contribution in [3.63, 3.8) is 0 Å². The van der Waals surface area contributed by atoms with Crippen LogP contribution in [0.5, 0.6) is 0 Å². The second-order valence-electron chi connectivity index (χ2n) is 6.04. The minimum atomic E-state index is -0.331. The van der Waals surface area contributed by atoms with Gasteiger partial charge in [-0.05, 0) is 43.4 Å². The number of carbonyl (C=O) groups is 3. The molecule has 2 atom stereocenters. The van der Waals surface area contributed by atoms with Crippen LogP contribution in [0.15, 0.2) is 29.2 Å². The van der Waals surface area contributed by atoms with Gasteiger partial charge in [-0.3, -0.25) is 19.3 Å². The van der Waals surface area contributed by atoms with Gasteiger partial charge in [-0.15, -0.1) is 11.8 Å². The molecule has 1 saturated heterocycles. The van der Waals surface area contributed by atoms with Gasteiger partial charge in [-0.1, -0.05) is 12.8 Å². The Labute approximate surface area is 139 Å². The van der Waals surface area contributed by atoms with Crippen LogP contribution in [0.2, 0.25) is 0 Å². The third kappa shape index (κ3) is 3.27. The number of rotatable bonds is 4. The molecule has 3 rings (SSSR count). The van der Waals surface area contributed by atoms with Crippen molar-refractivity contribution in [3.05, 3.63) is 24.3 Å². The first kappa shape index (κ1) is 16.1. The molecule has 0 spiro atoms. The van der Waals surface area contributed by atoms with E-state index >= 15 is 0 Å². The summed E-state index contributed by atoms with van der Waals surface area (Å²) in [6, 6.07) is 7.47. The Kier molecular flexibility index (Phi) is 4.71. The molecule has 122 valence electrons. The second-order valence-corrected chi connectivity index (χ2v) is 6.92. The van der Waals surface area contributed by atoms with E-state index < -0.39 is 0 Å². The van der Waals surface area contributed by atoms with Crippen LogP contribution < -0.4 is 5.32 Å². The number of imide groups is 1. The molecular weight excluding hydrogens is 312 g/mol. The van der Waals surface area contributed by atoms with Crippen LogP contribution in [-0.2, 0) is 14.4 Å². The van der Waals surface area contributed by atoms with E-state index in [2.05, 4.69) is 5.32 Å². The molecule has 1 heterocycles. The monoisotopic (exact) mass is 332 g/mol. The van der Waals surface area contributed by atoms with E-state index in [9.17, 15) is 14.4 Å². The van der Waals surface area contributed by atoms with Crippen molar-refractivity contribution in [2.45, 2.75) is 30.6 Å². The Morgan fingerprint density at radius 1 is 1.13 bits per heavy atom. The van der Waals surface area contributed by atoms with E-state index in [4.69, 9.17) is 0 Å². The standard InChI is InChI=1S/C17H20N2O3S/c1-23-12-8-6-11(7-9-12)18-15(20)10-19-16(21)13-4-2-3-5-14(13)17(19)22/h6-9,13-14H,2-5,10H2,1H3,(H,18,20)/t13-,14+. The molecule has 23 heavy (non-hydrogen) atoms. The number of benzene rings is 1. The van der Waals surface area contributed by atoms with Crippen molar-refractivity contribution in [1.82, 2.24) is 4.90 Å². The summed E-state index contributed by atoms with van der Waals surface area (Å²) in [5.41, 5.74) is 0.671. The topological polar surface area (TPSA) is 66.5 Å².